The molecule has 1 aliphatic rings. The Labute approximate surface area is 107 Å². The van der Waals surface area contributed by atoms with Crippen molar-refractivity contribution in [2.45, 2.75) is 76.0 Å². The van der Waals surface area contributed by atoms with Crippen LogP contribution in [0.4, 0.5) is 13.2 Å². The summed E-state index contributed by atoms with van der Waals surface area (Å²) < 4.78 is 36.3. The van der Waals surface area contributed by atoms with Crippen LogP contribution in [0.25, 0.3) is 0 Å². The summed E-state index contributed by atoms with van der Waals surface area (Å²) in [6, 6.07) is 2.42. The second kappa shape index (κ2) is 6.42. The van der Waals surface area contributed by atoms with E-state index in [-0.39, 0.29) is 18.9 Å². The van der Waals surface area contributed by atoms with Gasteiger partial charge < -0.3 is 0 Å². The molecule has 1 saturated carbocycles. The third kappa shape index (κ3) is 5.72. The first kappa shape index (κ1) is 15.3. The second-order valence-electron chi connectivity index (χ2n) is 5.39. The van der Waals surface area contributed by atoms with E-state index in [9.17, 15) is 13.2 Å². The third-order valence-corrected chi connectivity index (χ3v) is 3.51. The maximum absolute atomic E-state index is 12.1. The summed E-state index contributed by atoms with van der Waals surface area (Å²) in [7, 11) is 0. The zero-order valence-electron chi connectivity index (χ0n) is 10.8. The van der Waals surface area contributed by atoms with Gasteiger partial charge in [-0.25, -0.2) is 0 Å². The number of nitrogens with zero attached hydrogens (tertiary/aromatic N) is 1. The lowest BCUT2D eigenvalue weighted by Crippen LogP contribution is -2.48. The van der Waals surface area contributed by atoms with Gasteiger partial charge in [0.2, 0.25) is 0 Å². The number of hydrogen-bond donors (Lipinski definition) is 1. The van der Waals surface area contributed by atoms with Crippen LogP contribution in [-0.4, -0.2) is 17.8 Å². The molecule has 0 spiro atoms. The molecule has 0 radical (unpaired) electrons. The lowest BCUT2D eigenvalue weighted by molar-refractivity contribution is -0.136. The van der Waals surface area contributed by atoms with E-state index in [4.69, 9.17) is 5.26 Å². The first-order valence-corrected chi connectivity index (χ1v) is 6.60. The number of alkyl halides is 3. The van der Waals surface area contributed by atoms with E-state index in [1.165, 1.54) is 6.42 Å². The highest BCUT2D eigenvalue weighted by Gasteiger charge is 2.31. The molecule has 0 bridgehead atoms. The Hall–Kier alpha value is -0.760. The molecule has 1 fully saturated rings. The normalized spacial score (nSPS) is 21.3. The molecule has 0 aromatic heterocycles. The molecule has 18 heavy (non-hydrogen) atoms. The second-order valence-corrected chi connectivity index (χ2v) is 5.39. The summed E-state index contributed by atoms with van der Waals surface area (Å²) in [4.78, 5) is 0. The number of nitrogens with one attached hydrogen (secondary N) is 1. The number of rotatable bonds is 5. The van der Waals surface area contributed by atoms with Crippen molar-refractivity contribution >= 4 is 0 Å². The minimum atomic E-state index is -4.12. The summed E-state index contributed by atoms with van der Waals surface area (Å²) in [6.07, 6.45) is 0.872. The smallest absolute Gasteiger partial charge is 0.297 e. The molecule has 0 heterocycles. The van der Waals surface area contributed by atoms with Gasteiger partial charge in [-0.05, 0) is 32.6 Å². The van der Waals surface area contributed by atoms with Gasteiger partial charge >= 0.3 is 6.18 Å². The minimum absolute atomic E-state index is 0.00722. The third-order valence-electron chi connectivity index (χ3n) is 3.51. The average molecular weight is 262 g/mol. The van der Waals surface area contributed by atoms with Crippen molar-refractivity contribution in [1.29, 1.82) is 5.26 Å². The fraction of sp³-hybridized carbons (Fsp3) is 0.923. The van der Waals surface area contributed by atoms with Crippen LogP contribution in [0.5, 0.6) is 0 Å². The quantitative estimate of drug-likeness (QED) is 0.815. The van der Waals surface area contributed by atoms with Crippen LogP contribution in [0.3, 0.4) is 0 Å². The molecule has 1 aliphatic carbocycles. The highest BCUT2D eigenvalue weighted by molar-refractivity contribution is 5.05. The molecule has 0 aromatic carbocycles. The molecule has 0 amide bonds. The Morgan fingerprint density at radius 2 is 1.78 bits per heavy atom. The first-order valence-electron chi connectivity index (χ1n) is 6.60. The molecule has 0 aromatic rings. The standard InChI is InChI=1S/C13H21F3N2/c1-12(10-17,8-5-9-13(14,15)16)18-11-6-3-2-4-7-11/h11,18H,2-9H2,1H3. The van der Waals surface area contributed by atoms with Gasteiger partial charge in [-0.1, -0.05) is 19.3 Å². The topological polar surface area (TPSA) is 35.8 Å². The fourth-order valence-corrected chi connectivity index (χ4v) is 2.50. The number of hydrogen-bond acceptors (Lipinski definition) is 2. The van der Waals surface area contributed by atoms with Gasteiger partial charge in [0.05, 0.1) is 6.07 Å². The predicted octanol–water partition coefficient (Wildman–Crippen LogP) is 3.92. The van der Waals surface area contributed by atoms with E-state index >= 15 is 0 Å². The Morgan fingerprint density at radius 3 is 2.28 bits per heavy atom. The van der Waals surface area contributed by atoms with E-state index in [1.807, 2.05) is 0 Å². The van der Waals surface area contributed by atoms with Gasteiger partial charge in [0.1, 0.15) is 5.54 Å². The predicted molar refractivity (Wildman–Crippen MR) is 63.9 cm³/mol. The van der Waals surface area contributed by atoms with Crippen LogP contribution in [0.15, 0.2) is 0 Å². The highest BCUT2D eigenvalue weighted by atomic mass is 19.4. The molecule has 104 valence electrons. The van der Waals surface area contributed by atoms with Gasteiger partial charge in [-0.2, -0.15) is 18.4 Å². The van der Waals surface area contributed by atoms with Gasteiger partial charge in [-0.3, -0.25) is 5.32 Å². The van der Waals surface area contributed by atoms with Crippen LogP contribution in [-0.2, 0) is 0 Å². The van der Waals surface area contributed by atoms with Crippen molar-refractivity contribution in [3.05, 3.63) is 0 Å². The molecule has 0 aliphatic heterocycles. The van der Waals surface area contributed by atoms with Crippen molar-refractivity contribution in [2.24, 2.45) is 0 Å². The van der Waals surface area contributed by atoms with Gasteiger partial charge in [-0.15, -0.1) is 0 Å². The maximum atomic E-state index is 12.1. The molecule has 1 rings (SSSR count). The van der Waals surface area contributed by atoms with E-state index in [2.05, 4.69) is 11.4 Å². The van der Waals surface area contributed by atoms with Crippen LogP contribution in [0.1, 0.15) is 58.3 Å². The number of nitriles is 1. The van der Waals surface area contributed by atoms with Crippen molar-refractivity contribution in [1.82, 2.24) is 5.32 Å². The molecular weight excluding hydrogens is 241 g/mol. The van der Waals surface area contributed by atoms with Crippen LogP contribution >= 0.6 is 0 Å². The van der Waals surface area contributed by atoms with Crippen LogP contribution < -0.4 is 5.32 Å². The van der Waals surface area contributed by atoms with Crippen molar-refractivity contribution in [3.8, 4) is 6.07 Å². The summed E-state index contributed by atoms with van der Waals surface area (Å²) in [6.45, 7) is 1.71. The Morgan fingerprint density at radius 1 is 1.17 bits per heavy atom. The molecule has 5 heteroatoms. The number of halogens is 3. The minimum Gasteiger partial charge on any atom is -0.297 e. The molecule has 2 nitrogen and oxygen atoms in total. The Balaban J connectivity index is 2.39. The fourth-order valence-electron chi connectivity index (χ4n) is 2.50. The highest BCUT2D eigenvalue weighted by Crippen LogP contribution is 2.26. The van der Waals surface area contributed by atoms with E-state index < -0.39 is 18.1 Å². The van der Waals surface area contributed by atoms with E-state index in [0.29, 0.717) is 0 Å². The van der Waals surface area contributed by atoms with E-state index in [1.54, 1.807) is 6.92 Å². The SMILES string of the molecule is CC(C#N)(CCCC(F)(F)F)NC1CCCCC1. The monoisotopic (exact) mass is 262 g/mol. The zero-order valence-corrected chi connectivity index (χ0v) is 10.8. The first-order chi connectivity index (χ1) is 8.35. The summed E-state index contributed by atoms with van der Waals surface area (Å²) in [5.41, 5.74) is -0.826. The van der Waals surface area contributed by atoms with Crippen LogP contribution in [0, 0.1) is 11.3 Å². The molecule has 1 atom stereocenters. The van der Waals surface area contributed by atoms with Crippen molar-refractivity contribution in [2.75, 3.05) is 0 Å². The lowest BCUT2D eigenvalue weighted by Gasteiger charge is -2.32. The van der Waals surface area contributed by atoms with Crippen molar-refractivity contribution in [3.63, 3.8) is 0 Å². The summed E-state index contributed by atoms with van der Waals surface area (Å²) >= 11 is 0. The van der Waals surface area contributed by atoms with Gasteiger partial charge in [0.25, 0.3) is 0 Å². The molecule has 0 saturated heterocycles. The molecule has 1 unspecified atom stereocenters. The van der Waals surface area contributed by atoms with Gasteiger partial charge in [0, 0.05) is 12.5 Å². The molecule has 1 N–H and O–H groups in total. The lowest BCUT2D eigenvalue weighted by atomic mass is 9.90. The molecular formula is C13H21F3N2. The van der Waals surface area contributed by atoms with E-state index in [0.717, 1.165) is 25.7 Å². The largest absolute Gasteiger partial charge is 0.389 e. The van der Waals surface area contributed by atoms with Gasteiger partial charge in [0.15, 0.2) is 0 Å². The summed E-state index contributed by atoms with van der Waals surface area (Å²) in [5.74, 6) is 0. The van der Waals surface area contributed by atoms with Crippen LogP contribution in [0.2, 0.25) is 0 Å². The summed E-state index contributed by atoms with van der Waals surface area (Å²) in [5, 5.41) is 12.4. The Bertz CT molecular complexity index is 290. The zero-order chi connectivity index (χ0) is 13.6. The maximum Gasteiger partial charge on any atom is 0.389 e. The average Bonchev–Trinajstić information content (AvgIpc) is 2.28. The Kier molecular flexibility index (Phi) is 5.46. The van der Waals surface area contributed by atoms with Crippen molar-refractivity contribution < 1.29 is 13.2 Å².